The zero-order valence-electron chi connectivity index (χ0n) is 11.3. The van der Waals surface area contributed by atoms with Crippen LogP contribution in [0.5, 0.6) is 0 Å². The summed E-state index contributed by atoms with van der Waals surface area (Å²) < 4.78 is 0. The van der Waals surface area contributed by atoms with E-state index in [1.54, 1.807) is 24.3 Å². The van der Waals surface area contributed by atoms with Gasteiger partial charge >= 0.3 is 0 Å². The third-order valence-corrected chi connectivity index (χ3v) is 2.80. The molecule has 5 nitrogen and oxygen atoms in total. The van der Waals surface area contributed by atoms with Gasteiger partial charge in [0, 0.05) is 11.1 Å². The second kappa shape index (κ2) is 6.04. The van der Waals surface area contributed by atoms with E-state index in [-0.39, 0.29) is 12.5 Å². The molecule has 0 saturated heterocycles. The van der Waals surface area contributed by atoms with Gasteiger partial charge in [0.2, 0.25) is 0 Å². The summed E-state index contributed by atoms with van der Waals surface area (Å²) in [6.07, 6.45) is 0. The first-order valence-corrected chi connectivity index (χ1v) is 6.14. The standard InChI is InChI=1S/C15H15N3O2/c1-10-14(11(2)18-17-10)16-15(20)13-7-3-5-12(9-13)6-4-8-19/h3,5,7,9,19H,8H2,1-2H3,(H,16,20)(H,17,18). The zero-order chi connectivity index (χ0) is 14.5. The highest BCUT2D eigenvalue weighted by atomic mass is 16.2. The van der Waals surface area contributed by atoms with E-state index >= 15 is 0 Å². The molecule has 0 saturated carbocycles. The maximum absolute atomic E-state index is 12.2. The van der Waals surface area contributed by atoms with Crippen LogP contribution >= 0.6 is 0 Å². The van der Waals surface area contributed by atoms with Gasteiger partial charge in [0.05, 0.1) is 17.1 Å². The second-order valence-corrected chi connectivity index (χ2v) is 4.30. The summed E-state index contributed by atoms with van der Waals surface area (Å²) in [7, 11) is 0. The molecule has 3 N–H and O–H groups in total. The summed E-state index contributed by atoms with van der Waals surface area (Å²) in [6.45, 7) is 3.46. The molecule has 0 aliphatic rings. The molecule has 0 bridgehead atoms. The van der Waals surface area contributed by atoms with Crippen LogP contribution in [0.15, 0.2) is 24.3 Å². The average molecular weight is 269 g/mol. The van der Waals surface area contributed by atoms with E-state index in [1.165, 1.54) is 0 Å². The highest BCUT2D eigenvalue weighted by molar-refractivity contribution is 6.05. The van der Waals surface area contributed by atoms with Crippen molar-refractivity contribution >= 4 is 11.6 Å². The molecule has 1 amide bonds. The number of aromatic amines is 1. The fourth-order valence-electron chi connectivity index (χ4n) is 1.80. The molecule has 0 radical (unpaired) electrons. The Kier molecular flexibility index (Phi) is 4.18. The monoisotopic (exact) mass is 269 g/mol. The van der Waals surface area contributed by atoms with Crippen molar-refractivity contribution in [1.29, 1.82) is 0 Å². The maximum atomic E-state index is 12.2. The Labute approximate surface area is 117 Å². The number of nitrogens with one attached hydrogen (secondary N) is 2. The van der Waals surface area contributed by atoms with E-state index in [4.69, 9.17) is 5.11 Å². The topological polar surface area (TPSA) is 78.0 Å². The summed E-state index contributed by atoms with van der Waals surface area (Å²) in [5.74, 6) is 5.11. The lowest BCUT2D eigenvalue weighted by Crippen LogP contribution is -2.13. The Morgan fingerprint density at radius 3 is 2.90 bits per heavy atom. The number of anilines is 1. The molecule has 0 unspecified atom stereocenters. The van der Waals surface area contributed by atoms with Gasteiger partial charge < -0.3 is 10.4 Å². The van der Waals surface area contributed by atoms with E-state index in [1.807, 2.05) is 13.8 Å². The molecule has 102 valence electrons. The smallest absolute Gasteiger partial charge is 0.255 e. The lowest BCUT2D eigenvalue weighted by Gasteiger charge is -2.05. The van der Waals surface area contributed by atoms with Crippen LogP contribution < -0.4 is 5.32 Å². The minimum atomic E-state index is -0.217. The number of amides is 1. The molecule has 5 heteroatoms. The predicted molar refractivity (Wildman–Crippen MR) is 76.4 cm³/mol. The SMILES string of the molecule is Cc1n[nH]c(C)c1NC(=O)c1cccc(C#CCO)c1. The minimum Gasteiger partial charge on any atom is -0.384 e. The van der Waals surface area contributed by atoms with Crippen molar-refractivity contribution in [1.82, 2.24) is 10.2 Å². The molecule has 2 aromatic rings. The number of H-pyrrole nitrogens is 1. The van der Waals surface area contributed by atoms with Crippen LogP contribution in [0.3, 0.4) is 0 Å². The molecule has 0 fully saturated rings. The number of carbonyl (C=O) groups is 1. The van der Waals surface area contributed by atoms with Crippen LogP contribution in [0, 0.1) is 25.7 Å². The van der Waals surface area contributed by atoms with Crippen molar-refractivity contribution in [3.63, 3.8) is 0 Å². The molecule has 1 heterocycles. The highest BCUT2D eigenvalue weighted by Gasteiger charge is 2.11. The molecule has 1 aromatic heterocycles. The fraction of sp³-hybridized carbons (Fsp3) is 0.200. The number of aromatic nitrogens is 2. The van der Waals surface area contributed by atoms with Crippen LogP contribution in [0.25, 0.3) is 0 Å². The van der Waals surface area contributed by atoms with Gasteiger partial charge in [0.15, 0.2) is 0 Å². The number of aryl methyl sites for hydroxylation is 2. The Morgan fingerprint density at radius 1 is 1.45 bits per heavy atom. The highest BCUT2D eigenvalue weighted by Crippen LogP contribution is 2.17. The van der Waals surface area contributed by atoms with Crippen LogP contribution in [-0.4, -0.2) is 27.8 Å². The van der Waals surface area contributed by atoms with Crippen molar-refractivity contribution in [3.8, 4) is 11.8 Å². The lowest BCUT2D eigenvalue weighted by atomic mass is 10.1. The number of nitrogens with zero attached hydrogens (tertiary/aromatic N) is 1. The molecular formula is C15H15N3O2. The van der Waals surface area contributed by atoms with Crippen molar-refractivity contribution in [2.24, 2.45) is 0 Å². The summed E-state index contributed by atoms with van der Waals surface area (Å²) in [5, 5.41) is 18.4. The van der Waals surface area contributed by atoms with Gasteiger partial charge in [-0.15, -0.1) is 0 Å². The predicted octanol–water partition coefficient (Wildman–Crippen LogP) is 1.62. The van der Waals surface area contributed by atoms with Gasteiger partial charge in [-0.1, -0.05) is 17.9 Å². The molecule has 0 aliphatic heterocycles. The van der Waals surface area contributed by atoms with Gasteiger partial charge in [-0.25, -0.2) is 0 Å². The van der Waals surface area contributed by atoms with Crippen molar-refractivity contribution < 1.29 is 9.90 Å². The van der Waals surface area contributed by atoms with Gasteiger partial charge in [-0.2, -0.15) is 5.10 Å². The van der Waals surface area contributed by atoms with Gasteiger partial charge in [0.1, 0.15) is 6.61 Å². The second-order valence-electron chi connectivity index (χ2n) is 4.30. The van der Waals surface area contributed by atoms with E-state index in [9.17, 15) is 4.79 Å². The number of aliphatic hydroxyl groups excluding tert-OH is 1. The normalized spacial score (nSPS) is 9.75. The van der Waals surface area contributed by atoms with Crippen LogP contribution in [0.1, 0.15) is 27.3 Å². The lowest BCUT2D eigenvalue weighted by molar-refractivity contribution is 0.102. The third kappa shape index (κ3) is 3.05. The van der Waals surface area contributed by atoms with Gasteiger partial charge in [0.25, 0.3) is 5.91 Å². The number of aliphatic hydroxyl groups is 1. The maximum Gasteiger partial charge on any atom is 0.255 e. The molecule has 0 aliphatic carbocycles. The fourth-order valence-corrected chi connectivity index (χ4v) is 1.80. The average Bonchev–Trinajstić information content (AvgIpc) is 2.77. The summed E-state index contributed by atoms with van der Waals surface area (Å²) >= 11 is 0. The molecule has 2 rings (SSSR count). The summed E-state index contributed by atoms with van der Waals surface area (Å²) in [4.78, 5) is 12.2. The molecule has 0 atom stereocenters. The summed E-state index contributed by atoms with van der Waals surface area (Å²) in [5.41, 5.74) is 3.45. The molecular weight excluding hydrogens is 254 g/mol. The number of hydrogen-bond acceptors (Lipinski definition) is 3. The van der Waals surface area contributed by atoms with E-state index in [0.29, 0.717) is 16.8 Å². The quantitative estimate of drug-likeness (QED) is 0.725. The van der Waals surface area contributed by atoms with Crippen LogP contribution in [0.4, 0.5) is 5.69 Å². The van der Waals surface area contributed by atoms with E-state index in [0.717, 1.165) is 11.4 Å². The van der Waals surface area contributed by atoms with E-state index < -0.39 is 0 Å². The number of hydrogen-bond donors (Lipinski definition) is 3. The Hall–Kier alpha value is -2.58. The third-order valence-electron chi connectivity index (χ3n) is 2.80. The van der Waals surface area contributed by atoms with Gasteiger partial charge in [-0.05, 0) is 32.0 Å². The number of carbonyl (C=O) groups excluding carboxylic acids is 1. The Morgan fingerprint density at radius 2 is 2.25 bits per heavy atom. The zero-order valence-corrected chi connectivity index (χ0v) is 11.3. The van der Waals surface area contributed by atoms with Crippen molar-refractivity contribution in [2.45, 2.75) is 13.8 Å². The Balaban J connectivity index is 2.21. The minimum absolute atomic E-state index is 0.205. The Bertz CT molecular complexity index is 673. The number of benzene rings is 1. The van der Waals surface area contributed by atoms with Crippen LogP contribution in [0.2, 0.25) is 0 Å². The first-order chi connectivity index (χ1) is 9.61. The van der Waals surface area contributed by atoms with Crippen LogP contribution in [-0.2, 0) is 0 Å². The van der Waals surface area contributed by atoms with Crippen molar-refractivity contribution in [3.05, 3.63) is 46.8 Å². The molecule has 0 spiro atoms. The molecule has 20 heavy (non-hydrogen) atoms. The van der Waals surface area contributed by atoms with Crippen molar-refractivity contribution in [2.75, 3.05) is 11.9 Å². The number of rotatable bonds is 2. The van der Waals surface area contributed by atoms with E-state index in [2.05, 4.69) is 27.4 Å². The summed E-state index contributed by atoms with van der Waals surface area (Å²) in [6, 6.07) is 6.94. The first-order valence-electron chi connectivity index (χ1n) is 6.14. The molecule has 1 aromatic carbocycles. The largest absolute Gasteiger partial charge is 0.384 e. The van der Waals surface area contributed by atoms with Gasteiger partial charge in [-0.3, -0.25) is 9.89 Å². The first kappa shape index (κ1) is 13.8.